The van der Waals surface area contributed by atoms with Crippen LogP contribution >= 0.6 is 15.9 Å². The van der Waals surface area contributed by atoms with Crippen molar-refractivity contribution >= 4 is 27.3 Å². The lowest BCUT2D eigenvalue weighted by molar-refractivity contribution is -0.384. The Hall–Kier alpha value is -1.17. The molecule has 0 spiro atoms. The molecule has 2 bridgehead atoms. The smallest absolute Gasteiger partial charge is 0.311 e. The van der Waals surface area contributed by atoms with Gasteiger partial charge in [-0.25, -0.2) is 0 Å². The number of nitrogens with zero attached hydrogens (tertiary/aromatic N) is 2. The number of pyridine rings is 1. The van der Waals surface area contributed by atoms with Gasteiger partial charge in [0.25, 0.3) is 0 Å². The second-order valence-electron chi connectivity index (χ2n) is 7.27. The zero-order valence-electron chi connectivity index (χ0n) is 12.5. The van der Waals surface area contributed by atoms with Crippen molar-refractivity contribution in [3.63, 3.8) is 0 Å². The van der Waals surface area contributed by atoms with Gasteiger partial charge in [-0.3, -0.25) is 15.1 Å². The Morgan fingerprint density at radius 2 is 2.14 bits per heavy atom. The van der Waals surface area contributed by atoms with Crippen LogP contribution in [0.2, 0.25) is 0 Å². The Morgan fingerprint density at radius 3 is 2.71 bits per heavy atom. The van der Waals surface area contributed by atoms with Crippen molar-refractivity contribution in [2.45, 2.75) is 46.1 Å². The lowest BCUT2D eigenvalue weighted by Crippen LogP contribution is -2.46. The summed E-state index contributed by atoms with van der Waals surface area (Å²) in [7, 11) is 0. The molecule has 5 nitrogen and oxygen atoms in total. The summed E-state index contributed by atoms with van der Waals surface area (Å²) in [6.45, 7) is 6.86. The lowest BCUT2D eigenvalue weighted by atomic mass is 9.68. The van der Waals surface area contributed by atoms with Crippen LogP contribution in [0, 0.1) is 26.9 Å². The molecule has 3 rings (SSSR count). The molecule has 114 valence electrons. The maximum atomic E-state index is 11.3. The van der Waals surface area contributed by atoms with E-state index >= 15 is 0 Å². The topological polar surface area (TPSA) is 68.1 Å². The van der Waals surface area contributed by atoms with Gasteiger partial charge in [0.15, 0.2) is 0 Å². The van der Waals surface area contributed by atoms with E-state index in [4.69, 9.17) is 0 Å². The number of hydrogen-bond donors (Lipinski definition) is 1. The zero-order chi connectivity index (χ0) is 15.4. The summed E-state index contributed by atoms with van der Waals surface area (Å²) in [5.41, 5.74) is 0.947. The van der Waals surface area contributed by atoms with E-state index in [-0.39, 0.29) is 27.5 Å². The minimum absolute atomic E-state index is 0.0338. The summed E-state index contributed by atoms with van der Waals surface area (Å²) >= 11 is 3.40. The Bertz CT molecular complexity index is 600. The van der Waals surface area contributed by atoms with Gasteiger partial charge < -0.3 is 5.32 Å². The van der Waals surface area contributed by atoms with E-state index in [1.54, 1.807) is 6.20 Å². The first-order valence-electron chi connectivity index (χ1n) is 7.30. The van der Waals surface area contributed by atoms with Gasteiger partial charge in [0.2, 0.25) is 0 Å². The number of nitrogens with one attached hydrogen (secondary N) is 1. The minimum atomic E-state index is -0.372. The Kier molecular flexibility index (Phi) is 3.28. The predicted molar refractivity (Wildman–Crippen MR) is 85.2 cm³/mol. The van der Waals surface area contributed by atoms with Gasteiger partial charge in [0.05, 0.1) is 9.40 Å². The normalized spacial score (nSPS) is 33.1. The molecule has 1 aromatic heterocycles. The first-order chi connectivity index (χ1) is 9.75. The summed E-state index contributed by atoms with van der Waals surface area (Å²) in [6, 6.07) is 0.237. The van der Waals surface area contributed by atoms with E-state index < -0.39 is 0 Å². The van der Waals surface area contributed by atoms with E-state index in [2.05, 4.69) is 47.0 Å². The molecule has 1 N–H and O–H groups in total. The average molecular weight is 354 g/mol. The third kappa shape index (κ3) is 2.15. The molecule has 0 radical (unpaired) electrons. The SMILES string of the molecule is CC12CCC(C1)C(C)(C)C2Nc1c(Br)cncc1[N+](=O)[O-]. The number of hydrogen-bond acceptors (Lipinski definition) is 4. The van der Waals surface area contributed by atoms with Crippen LogP contribution in [0.25, 0.3) is 0 Å². The molecule has 2 aliphatic carbocycles. The van der Waals surface area contributed by atoms with Crippen molar-refractivity contribution in [3.05, 3.63) is 27.0 Å². The zero-order valence-corrected chi connectivity index (χ0v) is 14.1. The highest BCUT2D eigenvalue weighted by Crippen LogP contribution is 2.63. The number of halogens is 1. The molecule has 0 amide bonds. The molecule has 3 atom stereocenters. The fourth-order valence-electron chi connectivity index (χ4n) is 4.51. The van der Waals surface area contributed by atoms with E-state index in [9.17, 15) is 10.1 Å². The lowest BCUT2D eigenvalue weighted by Gasteiger charge is -2.43. The summed E-state index contributed by atoms with van der Waals surface area (Å²) in [6.07, 6.45) is 6.58. The summed E-state index contributed by atoms with van der Waals surface area (Å²) in [4.78, 5) is 14.8. The molecule has 0 aromatic carbocycles. The van der Waals surface area contributed by atoms with Gasteiger partial charge >= 0.3 is 5.69 Å². The first-order valence-corrected chi connectivity index (χ1v) is 8.09. The molecule has 0 aliphatic heterocycles. The van der Waals surface area contributed by atoms with Crippen molar-refractivity contribution in [2.75, 3.05) is 5.32 Å². The molecule has 1 aromatic rings. The Morgan fingerprint density at radius 1 is 1.43 bits per heavy atom. The van der Waals surface area contributed by atoms with Crippen molar-refractivity contribution in [2.24, 2.45) is 16.7 Å². The van der Waals surface area contributed by atoms with Crippen molar-refractivity contribution in [3.8, 4) is 0 Å². The molecule has 1 heterocycles. The van der Waals surface area contributed by atoms with E-state index in [0.29, 0.717) is 16.1 Å². The van der Waals surface area contributed by atoms with Crippen LogP contribution in [0.1, 0.15) is 40.0 Å². The maximum absolute atomic E-state index is 11.3. The number of nitro groups is 1. The molecule has 2 fully saturated rings. The second-order valence-corrected chi connectivity index (χ2v) is 8.12. The third-order valence-electron chi connectivity index (χ3n) is 5.63. The van der Waals surface area contributed by atoms with Crippen LogP contribution in [0.3, 0.4) is 0 Å². The van der Waals surface area contributed by atoms with Gasteiger partial charge in [-0.2, -0.15) is 0 Å². The first kappa shape index (κ1) is 14.8. The Balaban J connectivity index is 1.99. The van der Waals surface area contributed by atoms with Crippen LogP contribution in [0.5, 0.6) is 0 Å². The fourth-order valence-corrected chi connectivity index (χ4v) is 4.95. The highest BCUT2D eigenvalue weighted by atomic mass is 79.9. The van der Waals surface area contributed by atoms with Crippen LogP contribution in [0.4, 0.5) is 11.4 Å². The Labute approximate surface area is 132 Å². The summed E-state index contributed by atoms with van der Waals surface area (Å²) in [5.74, 6) is 0.694. The molecular weight excluding hydrogens is 334 g/mol. The molecule has 21 heavy (non-hydrogen) atoms. The van der Waals surface area contributed by atoms with E-state index in [1.165, 1.54) is 25.5 Å². The molecule has 0 saturated heterocycles. The highest BCUT2D eigenvalue weighted by Gasteiger charge is 2.59. The van der Waals surface area contributed by atoms with Crippen molar-refractivity contribution < 1.29 is 4.92 Å². The van der Waals surface area contributed by atoms with E-state index in [1.807, 2.05) is 0 Å². The number of fused-ring (bicyclic) bond motifs is 2. The van der Waals surface area contributed by atoms with Crippen LogP contribution in [-0.2, 0) is 0 Å². The van der Waals surface area contributed by atoms with Gasteiger partial charge in [-0.15, -0.1) is 0 Å². The predicted octanol–water partition coefficient (Wildman–Crippen LogP) is 4.38. The number of rotatable bonds is 3. The quantitative estimate of drug-likeness (QED) is 0.646. The van der Waals surface area contributed by atoms with E-state index in [0.717, 1.165) is 0 Å². The van der Waals surface area contributed by atoms with Gasteiger partial charge in [0.1, 0.15) is 11.9 Å². The van der Waals surface area contributed by atoms with Crippen molar-refractivity contribution in [1.82, 2.24) is 4.98 Å². The molecule has 2 saturated carbocycles. The molecule has 2 aliphatic rings. The summed E-state index contributed by atoms with van der Waals surface area (Å²) in [5, 5.41) is 14.7. The average Bonchev–Trinajstić information content (AvgIpc) is 2.87. The maximum Gasteiger partial charge on any atom is 0.311 e. The van der Waals surface area contributed by atoms with Crippen LogP contribution in [-0.4, -0.2) is 15.9 Å². The largest absolute Gasteiger partial charge is 0.375 e. The van der Waals surface area contributed by atoms with Gasteiger partial charge in [0, 0.05) is 12.2 Å². The van der Waals surface area contributed by atoms with Gasteiger partial charge in [-0.05, 0) is 51.9 Å². The number of anilines is 1. The molecular formula is C15H20BrN3O2. The standard InChI is InChI=1S/C15H20BrN3O2/c1-14(2)9-4-5-15(3,6-9)13(14)18-12-10(16)7-17-8-11(12)19(20)21/h7-9,13H,4-6H2,1-3H3,(H,17,18). The monoisotopic (exact) mass is 353 g/mol. The van der Waals surface area contributed by atoms with Gasteiger partial charge in [-0.1, -0.05) is 20.8 Å². The van der Waals surface area contributed by atoms with Crippen LogP contribution < -0.4 is 5.32 Å². The third-order valence-corrected chi connectivity index (χ3v) is 6.24. The minimum Gasteiger partial charge on any atom is -0.375 e. The second kappa shape index (κ2) is 4.66. The molecule has 6 heteroatoms. The fraction of sp³-hybridized carbons (Fsp3) is 0.667. The molecule has 3 unspecified atom stereocenters. The number of aromatic nitrogens is 1. The summed E-state index contributed by atoms with van der Waals surface area (Å²) < 4.78 is 0.652. The van der Waals surface area contributed by atoms with Crippen LogP contribution in [0.15, 0.2) is 16.9 Å². The highest BCUT2D eigenvalue weighted by molar-refractivity contribution is 9.10. The van der Waals surface area contributed by atoms with Crippen molar-refractivity contribution in [1.29, 1.82) is 0 Å².